The van der Waals surface area contributed by atoms with Gasteiger partial charge in [-0.2, -0.15) is 4.72 Å². The zero-order valence-corrected chi connectivity index (χ0v) is 13.2. The predicted octanol–water partition coefficient (Wildman–Crippen LogP) is 0.892. The van der Waals surface area contributed by atoms with Crippen molar-refractivity contribution >= 4 is 22.0 Å². The summed E-state index contributed by atoms with van der Waals surface area (Å²) in [5.74, 6) is -2.50. The molecule has 0 unspecified atom stereocenters. The van der Waals surface area contributed by atoms with Gasteiger partial charge in [-0.3, -0.25) is 9.59 Å². The summed E-state index contributed by atoms with van der Waals surface area (Å²) in [7, 11) is -4.04. The maximum atomic E-state index is 12.0. The average molecular weight is 321 g/mol. The van der Waals surface area contributed by atoms with Crippen LogP contribution in [0.25, 0.3) is 0 Å². The Bertz CT molecular complexity index is 479. The minimum Gasteiger partial charge on any atom is -0.480 e. The van der Waals surface area contributed by atoms with Crippen LogP contribution in [-0.2, 0) is 24.3 Å². The highest BCUT2D eigenvalue weighted by Crippen LogP contribution is 2.34. The molecule has 1 aliphatic carbocycles. The number of ether oxygens (including phenoxy) is 1. The highest BCUT2D eigenvalue weighted by atomic mass is 32.2. The molecule has 0 atom stereocenters. The molecule has 0 aromatic heterocycles. The third-order valence-corrected chi connectivity index (χ3v) is 5.23. The Morgan fingerprint density at radius 2 is 1.86 bits per heavy atom. The quantitative estimate of drug-likeness (QED) is 0.674. The molecular formula is C13H23NO6S. The zero-order valence-electron chi connectivity index (χ0n) is 12.4. The fourth-order valence-corrected chi connectivity index (χ4v) is 3.98. The molecule has 0 heterocycles. The van der Waals surface area contributed by atoms with E-state index < -0.39 is 33.3 Å². The van der Waals surface area contributed by atoms with Gasteiger partial charge in [0.15, 0.2) is 5.75 Å². The summed E-state index contributed by atoms with van der Waals surface area (Å²) in [5, 5.41) is 9.41. The maximum absolute atomic E-state index is 12.0. The number of carboxylic acid groups (broad SMARTS) is 1. The van der Waals surface area contributed by atoms with Gasteiger partial charge < -0.3 is 9.84 Å². The Balaban J connectivity index is 2.79. The molecule has 0 radical (unpaired) electrons. The molecule has 8 heteroatoms. The number of hydrogen-bond donors (Lipinski definition) is 2. The summed E-state index contributed by atoms with van der Waals surface area (Å²) in [5.41, 5.74) is -1.50. The number of hydrogen-bond acceptors (Lipinski definition) is 5. The summed E-state index contributed by atoms with van der Waals surface area (Å²) >= 11 is 0. The average Bonchev–Trinajstić information content (AvgIpc) is 2.38. The molecule has 0 amide bonds. The van der Waals surface area contributed by atoms with Crippen molar-refractivity contribution in [2.45, 2.75) is 51.5 Å². The standard InChI is InChI=1S/C13H23NO6S/c1-3-10-5-7-13(8-6-10,12(16)17)14-21(18,19)9-11(15)20-4-2/h10,14H,3-9H2,1-2H3,(H,16,17). The first-order valence-electron chi connectivity index (χ1n) is 7.15. The molecule has 7 nitrogen and oxygen atoms in total. The summed E-state index contributed by atoms with van der Waals surface area (Å²) in [6, 6.07) is 0. The molecule has 1 rings (SSSR count). The Hall–Kier alpha value is -1.15. The Labute approximate surface area is 125 Å². The number of rotatable bonds is 7. The first kappa shape index (κ1) is 17.9. The predicted molar refractivity (Wildman–Crippen MR) is 76.2 cm³/mol. The van der Waals surface area contributed by atoms with Gasteiger partial charge in [0.05, 0.1) is 6.61 Å². The largest absolute Gasteiger partial charge is 0.480 e. The number of carbonyl (C=O) groups is 2. The molecule has 2 N–H and O–H groups in total. The van der Waals surface area contributed by atoms with Crippen molar-refractivity contribution < 1.29 is 27.9 Å². The van der Waals surface area contributed by atoms with E-state index in [1.807, 2.05) is 6.92 Å². The van der Waals surface area contributed by atoms with Crippen molar-refractivity contribution in [3.63, 3.8) is 0 Å². The number of carbonyl (C=O) groups excluding carboxylic acids is 1. The molecule has 0 bridgehead atoms. The molecule has 1 saturated carbocycles. The van der Waals surface area contributed by atoms with Crippen molar-refractivity contribution in [1.29, 1.82) is 0 Å². The van der Waals surface area contributed by atoms with Crippen molar-refractivity contribution in [3.05, 3.63) is 0 Å². The minimum atomic E-state index is -4.04. The molecule has 0 aliphatic heterocycles. The van der Waals surface area contributed by atoms with Crippen LogP contribution in [-0.4, -0.2) is 43.4 Å². The second-order valence-electron chi connectivity index (χ2n) is 5.41. The first-order chi connectivity index (χ1) is 9.74. The van der Waals surface area contributed by atoms with Crippen LogP contribution in [0.5, 0.6) is 0 Å². The summed E-state index contributed by atoms with van der Waals surface area (Å²) in [6.07, 6.45) is 2.74. The van der Waals surface area contributed by atoms with E-state index in [2.05, 4.69) is 9.46 Å². The molecule has 21 heavy (non-hydrogen) atoms. The van der Waals surface area contributed by atoms with E-state index in [0.717, 1.165) is 6.42 Å². The molecule has 0 aromatic rings. The van der Waals surface area contributed by atoms with Crippen LogP contribution in [0.2, 0.25) is 0 Å². The molecule has 122 valence electrons. The Morgan fingerprint density at radius 3 is 2.29 bits per heavy atom. The first-order valence-corrected chi connectivity index (χ1v) is 8.80. The Morgan fingerprint density at radius 1 is 1.29 bits per heavy atom. The van der Waals surface area contributed by atoms with E-state index >= 15 is 0 Å². The van der Waals surface area contributed by atoms with Crippen LogP contribution in [0.3, 0.4) is 0 Å². The lowest BCUT2D eigenvalue weighted by molar-refractivity contribution is -0.146. The van der Waals surface area contributed by atoms with Gasteiger partial charge in [-0.15, -0.1) is 0 Å². The van der Waals surface area contributed by atoms with E-state index in [-0.39, 0.29) is 19.4 Å². The fraction of sp³-hybridized carbons (Fsp3) is 0.846. The van der Waals surface area contributed by atoms with Crippen LogP contribution in [0, 0.1) is 5.92 Å². The van der Waals surface area contributed by atoms with Gasteiger partial charge in [-0.1, -0.05) is 13.3 Å². The van der Waals surface area contributed by atoms with Gasteiger partial charge in [0.1, 0.15) is 5.54 Å². The van der Waals surface area contributed by atoms with Crippen LogP contribution in [0.15, 0.2) is 0 Å². The molecule has 0 spiro atoms. The second kappa shape index (κ2) is 7.22. The van der Waals surface area contributed by atoms with Crippen LogP contribution < -0.4 is 4.72 Å². The number of nitrogens with one attached hydrogen (secondary N) is 1. The number of aliphatic carboxylic acids is 1. The number of sulfonamides is 1. The lowest BCUT2D eigenvalue weighted by atomic mass is 9.76. The zero-order chi connectivity index (χ0) is 16.1. The highest BCUT2D eigenvalue weighted by Gasteiger charge is 2.45. The SMILES string of the molecule is CCOC(=O)CS(=O)(=O)NC1(C(=O)O)CCC(CC)CC1. The topological polar surface area (TPSA) is 110 Å². The van der Waals surface area contributed by atoms with Gasteiger partial charge in [-0.25, -0.2) is 8.42 Å². The summed E-state index contributed by atoms with van der Waals surface area (Å²) in [4.78, 5) is 22.8. The molecule has 1 aliphatic rings. The van der Waals surface area contributed by atoms with Crippen LogP contribution in [0.1, 0.15) is 46.0 Å². The number of carboxylic acids is 1. The van der Waals surface area contributed by atoms with E-state index in [4.69, 9.17) is 0 Å². The number of esters is 1. The van der Waals surface area contributed by atoms with Crippen LogP contribution >= 0.6 is 0 Å². The van der Waals surface area contributed by atoms with Crippen LogP contribution in [0.4, 0.5) is 0 Å². The fourth-order valence-electron chi connectivity index (χ4n) is 2.63. The van der Waals surface area contributed by atoms with Gasteiger partial charge >= 0.3 is 11.9 Å². The molecule has 1 fully saturated rings. The van der Waals surface area contributed by atoms with Gasteiger partial charge in [0.25, 0.3) is 0 Å². The lowest BCUT2D eigenvalue weighted by Crippen LogP contribution is -2.57. The monoisotopic (exact) mass is 321 g/mol. The van der Waals surface area contributed by atoms with Crippen molar-refractivity contribution in [2.75, 3.05) is 12.4 Å². The molecule has 0 saturated heterocycles. The third kappa shape index (κ3) is 4.96. The van der Waals surface area contributed by atoms with E-state index in [1.165, 1.54) is 0 Å². The summed E-state index contributed by atoms with van der Waals surface area (Å²) < 4.78 is 30.7. The highest BCUT2D eigenvalue weighted by molar-refractivity contribution is 7.90. The minimum absolute atomic E-state index is 0.0800. The smallest absolute Gasteiger partial charge is 0.324 e. The van der Waals surface area contributed by atoms with Gasteiger partial charge in [0.2, 0.25) is 10.0 Å². The van der Waals surface area contributed by atoms with E-state index in [0.29, 0.717) is 18.8 Å². The van der Waals surface area contributed by atoms with E-state index in [9.17, 15) is 23.1 Å². The second-order valence-corrected chi connectivity index (χ2v) is 7.13. The lowest BCUT2D eigenvalue weighted by Gasteiger charge is -2.36. The molecular weight excluding hydrogens is 298 g/mol. The Kier molecular flexibility index (Phi) is 6.15. The maximum Gasteiger partial charge on any atom is 0.324 e. The van der Waals surface area contributed by atoms with Crippen molar-refractivity contribution in [3.8, 4) is 0 Å². The van der Waals surface area contributed by atoms with Gasteiger partial charge in [0, 0.05) is 0 Å². The molecule has 0 aromatic carbocycles. The van der Waals surface area contributed by atoms with E-state index in [1.54, 1.807) is 6.92 Å². The third-order valence-electron chi connectivity index (χ3n) is 3.91. The van der Waals surface area contributed by atoms with Crippen molar-refractivity contribution in [1.82, 2.24) is 4.72 Å². The normalized spacial score (nSPS) is 26.3. The van der Waals surface area contributed by atoms with Crippen molar-refractivity contribution in [2.24, 2.45) is 5.92 Å². The summed E-state index contributed by atoms with van der Waals surface area (Å²) in [6.45, 7) is 3.68. The van der Waals surface area contributed by atoms with Gasteiger partial charge in [-0.05, 0) is 38.5 Å².